The van der Waals surface area contributed by atoms with Crippen molar-refractivity contribution in [2.45, 2.75) is 13.0 Å². The van der Waals surface area contributed by atoms with Crippen LogP contribution in [0.4, 0.5) is 0 Å². The number of nitrogens with two attached hydrogens (primary N) is 1. The van der Waals surface area contributed by atoms with Crippen molar-refractivity contribution in [1.82, 2.24) is 5.32 Å². The van der Waals surface area contributed by atoms with Gasteiger partial charge in [0.05, 0.1) is 12.6 Å². The van der Waals surface area contributed by atoms with Gasteiger partial charge in [-0.15, -0.1) is 6.58 Å². The molecule has 4 heteroatoms. The standard InChI is InChI=1S/C6H12N2O2/c1-3-6(4-10-7)8-5(2)9/h3,6H,1,4,7H2,2H3,(H,8,9). The largest absolute Gasteiger partial charge is 0.348 e. The molecule has 0 rings (SSSR count). The number of carbonyl (C=O) groups is 1. The number of nitrogens with one attached hydrogen (secondary N) is 1. The molecule has 0 radical (unpaired) electrons. The van der Waals surface area contributed by atoms with Crippen LogP contribution in [0.5, 0.6) is 0 Å². The van der Waals surface area contributed by atoms with Gasteiger partial charge in [-0.2, -0.15) is 0 Å². The minimum absolute atomic E-state index is 0.123. The van der Waals surface area contributed by atoms with Crippen molar-refractivity contribution in [2.75, 3.05) is 6.61 Å². The lowest BCUT2D eigenvalue weighted by Gasteiger charge is -2.10. The zero-order chi connectivity index (χ0) is 7.98. The lowest BCUT2D eigenvalue weighted by atomic mass is 10.3. The van der Waals surface area contributed by atoms with E-state index in [1.54, 1.807) is 6.08 Å². The third-order valence-electron chi connectivity index (χ3n) is 0.949. The molecule has 0 aromatic heterocycles. The predicted octanol–water partition coefficient (Wildman–Crippen LogP) is -0.433. The van der Waals surface area contributed by atoms with E-state index in [1.165, 1.54) is 6.92 Å². The minimum Gasteiger partial charge on any atom is -0.348 e. The Kier molecular flexibility index (Phi) is 4.53. The van der Waals surface area contributed by atoms with Crippen LogP contribution in [0.3, 0.4) is 0 Å². The van der Waals surface area contributed by atoms with Gasteiger partial charge >= 0.3 is 0 Å². The fraction of sp³-hybridized carbons (Fsp3) is 0.500. The molecule has 0 aliphatic heterocycles. The van der Waals surface area contributed by atoms with E-state index in [2.05, 4.69) is 16.7 Å². The second-order valence-corrected chi connectivity index (χ2v) is 1.88. The molecule has 3 N–H and O–H groups in total. The summed E-state index contributed by atoms with van der Waals surface area (Å²) in [4.78, 5) is 14.7. The monoisotopic (exact) mass is 144 g/mol. The summed E-state index contributed by atoms with van der Waals surface area (Å²) >= 11 is 0. The van der Waals surface area contributed by atoms with Crippen LogP contribution in [0.1, 0.15) is 6.92 Å². The molecule has 0 spiro atoms. The smallest absolute Gasteiger partial charge is 0.217 e. The first-order valence-electron chi connectivity index (χ1n) is 2.92. The van der Waals surface area contributed by atoms with E-state index in [1.807, 2.05) is 0 Å². The second-order valence-electron chi connectivity index (χ2n) is 1.88. The summed E-state index contributed by atoms with van der Waals surface area (Å²) in [5.41, 5.74) is 0. The number of amides is 1. The fourth-order valence-electron chi connectivity index (χ4n) is 0.533. The fourth-order valence-corrected chi connectivity index (χ4v) is 0.533. The van der Waals surface area contributed by atoms with Crippen molar-refractivity contribution in [3.05, 3.63) is 12.7 Å². The van der Waals surface area contributed by atoms with E-state index >= 15 is 0 Å². The quantitative estimate of drug-likeness (QED) is 0.415. The van der Waals surface area contributed by atoms with Gasteiger partial charge in [-0.3, -0.25) is 4.79 Å². The van der Waals surface area contributed by atoms with Gasteiger partial charge in [-0.1, -0.05) is 6.08 Å². The van der Waals surface area contributed by atoms with Crippen molar-refractivity contribution >= 4 is 5.91 Å². The summed E-state index contributed by atoms with van der Waals surface area (Å²) in [6.07, 6.45) is 1.56. The van der Waals surface area contributed by atoms with E-state index in [4.69, 9.17) is 5.90 Å². The molecule has 1 atom stereocenters. The van der Waals surface area contributed by atoms with Crippen LogP contribution >= 0.6 is 0 Å². The van der Waals surface area contributed by atoms with Gasteiger partial charge in [0.1, 0.15) is 0 Å². The maximum Gasteiger partial charge on any atom is 0.217 e. The maximum absolute atomic E-state index is 10.4. The first-order valence-corrected chi connectivity index (χ1v) is 2.92. The molecule has 1 amide bonds. The van der Waals surface area contributed by atoms with Crippen molar-refractivity contribution in [3.8, 4) is 0 Å². The van der Waals surface area contributed by atoms with Crippen LogP contribution in [0.15, 0.2) is 12.7 Å². The van der Waals surface area contributed by atoms with E-state index in [0.717, 1.165) is 0 Å². The van der Waals surface area contributed by atoms with Gasteiger partial charge in [0, 0.05) is 6.92 Å². The second kappa shape index (κ2) is 4.96. The van der Waals surface area contributed by atoms with E-state index < -0.39 is 0 Å². The predicted molar refractivity (Wildman–Crippen MR) is 37.9 cm³/mol. The summed E-state index contributed by atoms with van der Waals surface area (Å²) in [5, 5.41) is 2.57. The van der Waals surface area contributed by atoms with Crippen molar-refractivity contribution in [3.63, 3.8) is 0 Å². The lowest BCUT2D eigenvalue weighted by Crippen LogP contribution is -2.35. The molecule has 0 saturated carbocycles. The average Bonchev–Trinajstić information content (AvgIpc) is 1.86. The highest BCUT2D eigenvalue weighted by atomic mass is 16.6. The number of rotatable bonds is 4. The third kappa shape index (κ3) is 4.05. The molecule has 0 bridgehead atoms. The highest BCUT2D eigenvalue weighted by molar-refractivity contribution is 5.73. The minimum atomic E-state index is -0.192. The molecule has 0 aliphatic rings. The summed E-state index contributed by atoms with van der Waals surface area (Å²) < 4.78 is 0. The molecule has 0 fully saturated rings. The van der Waals surface area contributed by atoms with Crippen LogP contribution in [-0.4, -0.2) is 18.6 Å². The van der Waals surface area contributed by atoms with Gasteiger partial charge in [-0.25, -0.2) is 5.90 Å². The van der Waals surface area contributed by atoms with E-state index in [9.17, 15) is 4.79 Å². The van der Waals surface area contributed by atoms with Crippen molar-refractivity contribution in [2.24, 2.45) is 5.90 Å². The molecular formula is C6H12N2O2. The normalized spacial score (nSPS) is 12.2. The summed E-state index contributed by atoms with van der Waals surface area (Å²) in [6.45, 7) is 5.16. The molecule has 0 aromatic rings. The molecule has 58 valence electrons. The summed E-state index contributed by atoms with van der Waals surface area (Å²) in [5.74, 6) is 4.66. The van der Waals surface area contributed by atoms with Crippen LogP contribution in [0.25, 0.3) is 0 Å². The lowest BCUT2D eigenvalue weighted by molar-refractivity contribution is -0.119. The first kappa shape index (κ1) is 9.13. The zero-order valence-electron chi connectivity index (χ0n) is 5.96. The topological polar surface area (TPSA) is 64.3 Å². The van der Waals surface area contributed by atoms with Gasteiger partial charge in [0.15, 0.2) is 0 Å². The molecule has 1 unspecified atom stereocenters. The third-order valence-corrected chi connectivity index (χ3v) is 0.949. The molecule has 0 aliphatic carbocycles. The van der Waals surface area contributed by atoms with Crippen LogP contribution in [0, 0.1) is 0 Å². The molecule has 4 nitrogen and oxygen atoms in total. The SMILES string of the molecule is C=CC(CON)NC(C)=O. The number of carbonyl (C=O) groups excluding carboxylic acids is 1. The Morgan fingerprint density at radius 2 is 2.60 bits per heavy atom. The van der Waals surface area contributed by atoms with Gasteiger partial charge in [0.2, 0.25) is 5.91 Å². The van der Waals surface area contributed by atoms with Gasteiger partial charge in [0.25, 0.3) is 0 Å². The summed E-state index contributed by atoms with van der Waals surface area (Å²) in [6, 6.07) is -0.192. The summed E-state index contributed by atoms with van der Waals surface area (Å²) in [7, 11) is 0. The van der Waals surface area contributed by atoms with E-state index in [-0.39, 0.29) is 18.6 Å². The van der Waals surface area contributed by atoms with Crippen LogP contribution < -0.4 is 11.2 Å². The Hall–Kier alpha value is -0.870. The van der Waals surface area contributed by atoms with Gasteiger partial charge < -0.3 is 10.2 Å². The highest BCUT2D eigenvalue weighted by Gasteiger charge is 2.02. The Labute approximate surface area is 60.0 Å². The van der Waals surface area contributed by atoms with Crippen LogP contribution in [-0.2, 0) is 9.63 Å². The molecule has 10 heavy (non-hydrogen) atoms. The average molecular weight is 144 g/mol. The molecule has 0 aromatic carbocycles. The maximum atomic E-state index is 10.4. The Morgan fingerprint density at radius 3 is 2.90 bits per heavy atom. The van der Waals surface area contributed by atoms with Gasteiger partial charge in [-0.05, 0) is 0 Å². The molecular weight excluding hydrogens is 132 g/mol. The number of hydrogen-bond donors (Lipinski definition) is 2. The first-order chi connectivity index (χ1) is 4.70. The Bertz CT molecular complexity index is 125. The molecule has 0 heterocycles. The Balaban J connectivity index is 3.59. The van der Waals surface area contributed by atoms with Crippen molar-refractivity contribution < 1.29 is 9.63 Å². The van der Waals surface area contributed by atoms with E-state index in [0.29, 0.717) is 0 Å². The van der Waals surface area contributed by atoms with Crippen LogP contribution in [0.2, 0.25) is 0 Å². The Morgan fingerprint density at radius 1 is 2.00 bits per heavy atom. The highest BCUT2D eigenvalue weighted by Crippen LogP contribution is 1.83. The molecule has 0 saturated heterocycles. The number of hydrogen-bond acceptors (Lipinski definition) is 3. The van der Waals surface area contributed by atoms with Crippen molar-refractivity contribution in [1.29, 1.82) is 0 Å². The zero-order valence-corrected chi connectivity index (χ0v) is 5.96.